The van der Waals surface area contributed by atoms with E-state index in [-0.39, 0.29) is 5.91 Å². The van der Waals surface area contributed by atoms with Crippen molar-refractivity contribution in [3.05, 3.63) is 70.9 Å². The number of carbonyl (C=O) groups is 1. The summed E-state index contributed by atoms with van der Waals surface area (Å²) in [7, 11) is 1.61. The van der Waals surface area contributed by atoms with E-state index in [0.29, 0.717) is 17.8 Å². The Labute approximate surface area is 152 Å². The van der Waals surface area contributed by atoms with Gasteiger partial charge >= 0.3 is 0 Å². The van der Waals surface area contributed by atoms with Gasteiger partial charge in [0.15, 0.2) is 0 Å². The first-order chi connectivity index (χ1) is 12.5. The molecule has 0 spiro atoms. The Kier molecular flexibility index (Phi) is 5.19. The van der Waals surface area contributed by atoms with Gasteiger partial charge in [0.05, 0.1) is 30.0 Å². The summed E-state index contributed by atoms with van der Waals surface area (Å²) in [6.07, 6.45) is -0.498. The molecule has 2 N–H and O–H groups in total. The van der Waals surface area contributed by atoms with Crippen LogP contribution in [0.2, 0.25) is 0 Å². The van der Waals surface area contributed by atoms with E-state index in [1.165, 1.54) is 0 Å². The molecule has 3 aromatic rings. The molecule has 5 nitrogen and oxygen atoms in total. The monoisotopic (exact) mass is 350 g/mol. The van der Waals surface area contributed by atoms with E-state index in [0.717, 1.165) is 27.8 Å². The predicted octanol–water partition coefficient (Wildman–Crippen LogP) is 3.54. The molecule has 0 saturated heterocycles. The fourth-order valence-corrected chi connectivity index (χ4v) is 2.80. The molecule has 26 heavy (non-hydrogen) atoms. The average molecular weight is 350 g/mol. The first-order valence-corrected chi connectivity index (χ1v) is 8.48. The summed E-state index contributed by atoms with van der Waals surface area (Å²) in [6, 6.07) is 15.0. The molecule has 134 valence electrons. The number of nitrogens with one attached hydrogen (secondary N) is 1. The van der Waals surface area contributed by atoms with Gasteiger partial charge in [0.1, 0.15) is 5.75 Å². The van der Waals surface area contributed by atoms with Crippen LogP contribution in [0, 0.1) is 6.92 Å². The quantitative estimate of drug-likeness (QED) is 0.738. The summed E-state index contributed by atoms with van der Waals surface area (Å²) in [5.41, 5.74) is 3.88. The topological polar surface area (TPSA) is 71.5 Å². The van der Waals surface area contributed by atoms with E-state index in [1.807, 2.05) is 55.5 Å². The van der Waals surface area contributed by atoms with Crippen molar-refractivity contribution in [2.24, 2.45) is 0 Å². The number of fused-ring (bicyclic) bond motifs is 1. The van der Waals surface area contributed by atoms with E-state index in [2.05, 4.69) is 10.3 Å². The molecule has 0 bridgehead atoms. The normalized spacial score (nSPS) is 12.0. The van der Waals surface area contributed by atoms with Crippen LogP contribution in [0.15, 0.2) is 48.5 Å². The van der Waals surface area contributed by atoms with Crippen molar-refractivity contribution in [3.8, 4) is 5.75 Å². The van der Waals surface area contributed by atoms with Crippen molar-refractivity contribution in [2.75, 3.05) is 7.11 Å². The second kappa shape index (κ2) is 7.54. The molecular weight excluding hydrogens is 328 g/mol. The maximum absolute atomic E-state index is 12.6. The molecule has 0 saturated carbocycles. The Morgan fingerprint density at radius 3 is 2.58 bits per heavy atom. The fraction of sp³-hybridized carbons (Fsp3) is 0.238. The number of amides is 1. The third kappa shape index (κ3) is 3.83. The Hall–Kier alpha value is -2.92. The molecule has 2 aromatic carbocycles. The van der Waals surface area contributed by atoms with Crippen LogP contribution in [0.1, 0.15) is 40.2 Å². The minimum absolute atomic E-state index is 0.167. The van der Waals surface area contributed by atoms with E-state index < -0.39 is 6.10 Å². The molecular formula is C21H22N2O3. The number of carbonyl (C=O) groups excluding carboxylic acids is 1. The van der Waals surface area contributed by atoms with Crippen LogP contribution in [-0.2, 0) is 6.54 Å². The molecule has 3 rings (SSSR count). The molecule has 0 radical (unpaired) electrons. The van der Waals surface area contributed by atoms with E-state index in [4.69, 9.17) is 4.74 Å². The lowest BCUT2D eigenvalue weighted by Gasteiger charge is -2.10. The summed E-state index contributed by atoms with van der Waals surface area (Å²) in [4.78, 5) is 17.1. The molecule has 1 aromatic heterocycles. The Morgan fingerprint density at radius 1 is 1.19 bits per heavy atom. The number of aliphatic hydroxyl groups is 1. The van der Waals surface area contributed by atoms with E-state index >= 15 is 0 Å². The molecule has 1 atom stereocenters. The summed E-state index contributed by atoms with van der Waals surface area (Å²) in [6.45, 7) is 3.96. The Balaban J connectivity index is 1.77. The Morgan fingerprint density at radius 2 is 1.92 bits per heavy atom. The second-order valence-corrected chi connectivity index (χ2v) is 6.28. The highest BCUT2D eigenvalue weighted by atomic mass is 16.5. The average Bonchev–Trinajstić information content (AvgIpc) is 2.65. The number of ether oxygens (including phenoxy) is 1. The van der Waals surface area contributed by atoms with Gasteiger partial charge in [0.2, 0.25) is 0 Å². The lowest BCUT2D eigenvalue weighted by atomic mass is 10.1. The van der Waals surface area contributed by atoms with Gasteiger partial charge in [-0.15, -0.1) is 0 Å². The number of aromatic nitrogens is 1. The summed E-state index contributed by atoms with van der Waals surface area (Å²) >= 11 is 0. The zero-order chi connectivity index (χ0) is 18.7. The van der Waals surface area contributed by atoms with Gasteiger partial charge < -0.3 is 15.2 Å². The van der Waals surface area contributed by atoms with Gasteiger partial charge in [0, 0.05) is 11.9 Å². The maximum atomic E-state index is 12.6. The minimum atomic E-state index is -0.498. The van der Waals surface area contributed by atoms with Crippen LogP contribution in [0.3, 0.4) is 0 Å². The zero-order valence-corrected chi connectivity index (χ0v) is 15.1. The second-order valence-electron chi connectivity index (χ2n) is 6.28. The highest BCUT2D eigenvalue weighted by molar-refractivity contribution is 5.98. The largest absolute Gasteiger partial charge is 0.497 e. The molecule has 0 unspecified atom stereocenters. The number of hydrogen-bond donors (Lipinski definition) is 2. The van der Waals surface area contributed by atoms with Crippen LogP contribution < -0.4 is 10.1 Å². The number of methoxy groups -OCH3 is 1. The zero-order valence-electron chi connectivity index (χ0n) is 15.1. The van der Waals surface area contributed by atoms with Crippen molar-refractivity contribution in [3.63, 3.8) is 0 Å². The molecule has 1 heterocycles. The van der Waals surface area contributed by atoms with Gasteiger partial charge in [0.25, 0.3) is 5.91 Å². The summed E-state index contributed by atoms with van der Waals surface area (Å²) in [5, 5.41) is 13.3. The third-order valence-corrected chi connectivity index (χ3v) is 4.37. The van der Waals surface area contributed by atoms with Crippen molar-refractivity contribution >= 4 is 16.8 Å². The molecule has 1 amide bonds. The van der Waals surface area contributed by atoms with Gasteiger partial charge in [-0.3, -0.25) is 9.78 Å². The number of benzene rings is 2. The maximum Gasteiger partial charge on any atom is 0.253 e. The van der Waals surface area contributed by atoms with Crippen LogP contribution in [0.25, 0.3) is 10.9 Å². The SMILES string of the molecule is COc1ccc2nc(C)c(C(=O)NCc3ccc([C@@H](C)O)cc3)cc2c1. The summed E-state index contributed by atoms with van der Waals surface area (Å²) < 4.78 is 5.24. The first-order valence-electron chi connectivity index (χ1n) is 8.48. The number of rotatable bonds is 5. The van der Waals surface area contributed by atoms with Crippen LogP contribution in [-0.4, -0.2) is 23.1 Å². The highest BCUT2D eigenvalue weighted by Gasteiger charge is 2.12. The van der Waals surface area contributed by atoms with Gasteiger partial charge in [-0.25, -0.2) is 0 Å². The molecule has 0 aliphatic carbocycles. The van der Waals surface area contributed by atoms with Crippen molar-refractivity contribution < 1.29 is 14.6 Å². The third-order valence-electron chi connectivity index (χ3n) is 4.37. The highest BCUT2D eigenvalue weighted by Crippen LogP contribution is 2.22. The number of nitrogens with zero attached hydrogens (tertiary/aromatic N) is 1. The number of pyridine rings is 1. The Bertz CT molecular complexity index is 934. The molecule has 0 fully saturated rings. The molecule has 0 aliphatic rings. The van der Waals surface area contributed by atoms with Crippen LogP contribution >= 0.6 is 0 Å². The molecule has 5 heteroatoms. The number of aryl methyl sites for hydroxylation is 1. The van der Waals surface area contributed by atoms with Crippen molar-refractivity contribution in [1.82, 2.24) is 10.3 Å². The van der Waals surface area contributed by atoms with Crippen molar-refractivity contribution in [2.45, 2.75) is 26.5 Å². The lowest BCUT2D eigenvalue weighted by Crippen LogP contribution is -2.24. The van der Waals surface area contributed by atoms with Gasteiger partial charge in [-0.05, 0) is 49.2 Å². The smallest absolute Gasteiger partial charge is 0.253 e. The fourth-order valence-electron chi connectivity index (χ4n) is 2.80. The molecule has 0 aliphatic heterocycles. The van der Waals surface area contributed by atoms with Crippen LogP contribution in [0.5, 0.6) is 5.75 Å². The standard InChI is InChI=1S/C21H22N2O3/c1-13-19(11-17-10-18(26-3)8-9-20(17)23-13)21(25)22-12-15-4-6-16(7-5-15)14(2)24/h4-11,14,24H,12H2,1-3H3,(H,22,25)/t14-/m1/s1. The number of hydrogen-bond acceptors (Lipinski definition) is 4. The van der Waals surface area contributed by atoms with Crippen molar-refractivity contribution in [1.29, 1.82) is 0 Å². The minimum Gasteiger partial charge on any atom is -0.497 e. The number of aliphatic hydroxyl groups excluding tert-OH is 1. The van der Waals surface area contributed by atoms with Gasteiger partial charge in [-0.1, -0.05) is 24.3 Å². The summed E-state index contributed by atoms with van der Waals surface area (Å²) in [5.74, 6) is 0.562. The first kappa shape index (κ1) is 17.9. The van der Waals surface area contributed by atoms with Gasteiger partial charge in [-0.2, -0.15) is 0 Å². The van der Waals surface area contributed by atoms with Crippen LogP contribution in [0.4, 0.5) is 0 Å². The van der Waals surface area contributed by atoms with E-state index in [9.17, 15) is 9.90 Å². The predicted molar refractivity (Wildman–Crippen MR) is 101 cm³/mol. The lowest BCUT2D eigenvalue weighted by molar-refractivity contribution is 0.0950. The van der Waals surface area contributed by atoms with E-state index in [1.54, 1.807) is 14.0 Å².